The molecule has 0 spiro atoms. The number of hydrogen-bond donors (Lipinski definition) is 2. The van der Waals surface area contributed by atoms with Crippen LogP contribution in [0.1, 0.15) is 6.92 Å². The van der Waals surface area contributed by atoms with Crippen LogP contribution in [-0.4, -0.2) is 32.2 Å². The number of carbonyl (C=O) groups excluding carboxylic acids is 1. The molecule has 2 N–H and O–H groups in total. The number of rotatable bonds is 5. The third kappa shape index (κ3) is 4.58. The zero-order valence-electron chi connectivity index (χ0n) is 9.55. The molecule has 1 rings (SSSR count). The molecular formula is C11H12BrNO4S. The van der Waals surface area contributed by atoms with E-state index in [4.69, 9.17) is 5.11 Å². The third-order valence-electron chi connectivity index (χ3n) is 2.12. The van der Waals surface area contributed by atoms with Crippen molar-refractivity contribution in [3.8, 4) is 0 Å². The highest BCUT2D eigenvalue weighted by atomic mass is 79.9. The van der Waals surface area contributed by atoms with E-state index in [2.05, 4.69) is 21.2 Å². The summed E-state index contributed by atoms with van der Waals surface area (Å²) in [6.07, 6.45) is 0. The molecule has 7 heteroatoms. The minimum atomic E-state index is -1.73. The first-order valence-electron chi connectivity index (χ1n) is 5.05. The Balaban J connectivity index is 2.57. The summed E-state index contributed by atoms with van der Waals surface area (Å²) in [6.45, 7) is 1.31. The van der Waals surface area contributed by atoms with Crippen LogP contribution in [-0.2, 0) is 20.4 Å². The third-order valence-corrected chi connectivity index (χ3v) is 4.15. The Hall–Kier alpha value is -1.21. The zero-order chi connectivity index (χ0) is 13.7. The lowest BCUT2D eigenvalue weighted by atomic mass is 10.3. The van der Waals surface area contributed by atoms with E-state index in [-0.39, 0.29) is 5.75 Å². The molecule has 0 aliphatic heterocycles. The summed E-state index contributed by atoms with van der Waals surface area (Å²) < 4.78 is 12.3. The van der Waals surface area contributed by atoms with Crippen molar-refractivity contribution in [2.45, 2.75) is 12.2 Å². The number of carboxylic acid groups (broad SMARTS) is 1. The molecule has 5 nitrogen and oxygen atoms in total. The number of aliphatic carboxylic acids is 1. The maximum atomic E-state index is 11.5. The Morgan fingerprint density at radius 3 is 2.72 bits per heavy atom. The number of anilines is 1. The van der Waals surface area contributed by atoms with Gasteiger partial charge in [-0.25, -0.2) is 0 Å². The van der Waals surface area contributed by atoms with Gasteiger partial charge in [0.1, 0.15) is 11.0 Å². The van der Waals surface area contributed by atoms with Crippen molar-refractivity contribution in [1.29, 1.82) is 0 Å². The van der Waals surface area contributed by atoms with Gasteiger partial charge < -0.3 is 10.4 Å². The Morgan fingerprint density at radius 1 is 1.50 bits per heavy atom. The van der Waals surface area contributed by atoms with Gasteiger partial charge in [-0.05, 0) is 25.1 Å². The van der Waals surface area contributed by atoms with E-state index in [1.807, 2.05) is 0 Å². The Bertz CT molecular complexity index is 492. The first kappa shape index (κ1) is 14.8. The Labute approximate surface area is 115 Å². The SMILES string of the molecule is CC(C(=O)O)S(=O)CC(=O)Nc1cccc(Br)c1. The lowest BCUT2D eigenvalue weighted by molar-refractivity contribution is -0.136. The van der Waals surface area contributed by atoms with Gasteiger partial charge in [-0.15, -0.1) is 0 Å². The van der Waals surface area contributed by atoms with Gasteiger partial charge in [-0.1, -0.05) is 22.0 Å². The predicted molar refractivity (Wildman–Crippen MR) is 72.9 cm³/mol. The van der Waals surface area contributed by atoms with Crippen LogP contribution in [0.15, 0.2) is 28.7 Å². The average molecular weight is 334 g/mol. The lowest BCUT2D eigenvalue weighted by Gasteiger charge is -2.08. The van der Waals surface area contributed by atoms with E-state index in [1.165, 1.54) is 6.92 Å². The molecule has 0 aromatic heterocycles. The molecule has 0 bridgehead atoms. The van der Waals surface area contributed by atoms with Crippen LogP contribution in [0.3, 0.4) is 0 Å². The fourth-order valence-electron chi connectivity index (χ4n) is 1.13. The Morgan fingerprint density at radius 2 is 2.17 bits per heavy atom. The molecular weight excluding hydrogens is 322 g/mol. The predicted octanol–water partition coefficient (Wildman–Crippen LogP) is 1.61. The molecule has 0 aliphatic rings. The van der Waals surface area contributed by atoms with Crippen LogP contribution in [0.4, 0.5) is 5.69 Å². The lowest BCUT2D eigenvalue weighted by Crippen LogP contribution is -2.29. The number of nitrogens with one attached hydrogen (secondary N) is 1. The average Bonchev–Trinajstić information content (AvgIpc) is 2.27. The van der Waals surface area contributed by atoms with Gasteiger partial charge in [-0.3, -0.25) is 13.8 Å². The van der Waals surface area contributed by atoms with Gasteiger partial charge in [0, 0.05) is 21.0 Å². The first-order chi connectivity index (χ1) is 8.40. The quantitative estimate of drug-likeness (QED) is 0.857. The number of halogens is 1. The molecule has 98 valence electrons. The largest absolute Gasteiger partial charge is 0.480 e. The fourth-order valence-corrected chi connectivity index (χ4v) is 2.33. The second kappa shape index (κ2) is 6.65. The molecule has 1 amide bonds. The summed E-state index contributed by atoms with van der Waals surface area (Å²) in [7, 11) is -1.73. The number of benzene rings is 1. The van der Waals surface area contributed by atoms with Crippen molar-refractivity contribution in [2.24, 2.45) is 0 Å². The van der Waals surface area contributed by atoms with Crippen molar-refractivity contribution < 1.29 is 18.9 Å². The fraction of sp³-hybridized carbons (Fsp3) is 0.273. The highest BCUT2D eigenvalue weighted by Gasteiger charge is 2.21. The highest BCUT2D eigenvalue weighted by molar-refractivity contribution is 9.10. The van der Waals surface area contributed by atoms with Gasteiger partial charge in [0.15, 0.2) is 0 Å². The summed E-state index contributed by atoms with van der Waals surface area (Å²) in [5, 5.41) is 10.2. The van der Waals surface area contributed by atoms with Crippen LogP contribution < -0.4 is 5.32 Å². The number of amides is 1. The van der Waals surface area contributed by atoms with Crippen LogP contribution in [0.2, 0.25) is 0 Å². The van der Waals surface area contributed by atoms with Gasteiger partial charge in [0.25, 0.3) is 0 Å². The molecule has 18 heavy (non-hydrogen) atoms. The van der Waals surface area contributed by atoms with Crippen LogP contribution in [0.5, 0.6) is 0 Å². The molecule has 0 saturated carbocycles. The van der Waals surface area contributed by atoms with E-state index in [1.54, 1.807) is 24.3 Å². The second-order valence-electron chi connectivity index (χ2n) is 3.56. The molecule has 0 saturated heterocycles. The summed E-state index contributed by atoms with van der Waals surface area (Å²) in [4.78, 5) is 22.1. The standard InChI is InChI=1S/C11H12BrNO4S/c1-7(11(15)16)18(17)6-10(14)13-9-4-2-3-8(12)5-9/h2-5,7H,6H2,1H3,(H,13,14)(H,15,16). The number of carbonyl (C=O) groups is 2. The molecule has 2 atom stereocenters. The second-order valence-corrected chi connectivity index (χ2v) is 6.24. The van der Waals surface area contributed by atoms with Gasteiger partial charge in [0.2, 0.25) is 5.91 Å². The molecule has 0 fully saturated rings. The minimum absolute atomic E-state index is 0.333. The van der Waals surface area contributed by atoms with Crippen molar-refractivity contribution in [2.75, 3.05) is 11.1 Å². The number of hydrogen-bond acceptors (Lipinski definition) is 3. The van der Waals surface area contributed by atoms with Crippen molar-refractivity contribution >= 4 is 44.3 Å². The maximum Gasteiger partial charge on any atom is 0.318 e. The van der Waals surface area contributed by atoms with E-state index >= 15 is 0 Å². The molecule has 0 aliphatic carbocycles. The van der Waals surface area contributed by atoms with Crippen molar-refractivity contribution in [1.82, 2.24) is 0 Å². The molecule has 1 aromatic rings. The van der Waals surface area contributed by atoms with Crippen LogP contribution in [0.25, 0.3) is 0 Å². The van der Waals surface area contributed by atoms with E-state index in [0.29, 0.717) is 5.69 Å². The maximum absolute atomic E-state index is 11.5. The molecule has 1 aromatic carbocycles. The van der Waals surface area contributed by atoms with Crippen molar-refractivity contribution in [3.05, 3.63) is 28.7 Å². The highest BCUT2D eigenvalue weighted by Crippen LogP contribution is 2.15. The normalized spacial score (nSPS) is 13.7. The topological polar surface area (TPSA) is 83.5 Å². The van der Waals surface area contributed by atoms with E-state index in [9.17, 15) is 13.8 Å². The van der Waals surface area contributed by atoms with Gasteiger partial charge >= 0.3 is 5.97 Å². The van der Waals surface area contributed by atoms with Crippen molar-refractivity contribution in [3.63, 3.8) is 0 Å². The number of carboxylic acids is 1. The van der Waals surface area contributed by atoms with E-state index in [0.717, 1.165) is 4.47 Å². The molecule has 2 unspecified atom stereocenters. The monoisotopic (exact) mass is 333 g/mol. The summed E-state index contributed by atoms with van der Waals surface area (Å²) in [5.41, 5.74) is 0.564. The molecule has 0 heterocycles. The first-order valence-corrected chi connectivity index (χ1v) is 7.23. The zero-order valence-corrected chi connectivity index (χ0v) is 12.0. The smallest absolute Gasteiger partial charge is 0.318 e. The van der Waals surface area contributed by atoms with E-state index < -0.39 is 27.9 Å². The summed E-state index contributed by atoms with van der Waals surface area (Å²) >= 11 is 3.26. The summed E-state index contributed by atoms with van der Waals surface area (Å²) in [5.74, 6) is -1.98. The molecule has 0 radical (unpaired) electrons. The van der Waals surface area contributed by atoms with Crippen LogP contribution >= 0.6 is 15.9 Å². The van der Waals surface area contributed by atoms with Gasteiger partial charge in [0.05, 0.1) is 0 Å². The summed E-state index contributed by atoms with van der Waals surface area (Å²) in [6, 6.07) is 6.94. The van der Waals surface area contributed by atoms with Crippen LogP contribution in [0, 0.1) is 0 Å². The van der Waals surface area contributed by atoms with Gasteiger partial charge in [-0.2, -0.15) is 0 Å². The Kier molecular flexibility index (Phi) is 5.49. The minimum Gasteiger partial charge on any atom is -0.480 e.